The van der Waals surface area contributed by atoms with Crippen molar-refractivity contribution in [3.8, 4) is 10.6 Å². The average Bonchev–Trinajstić information content (AvgIpc) is 3.37. The Morgan fingerprint density at radius 2 is 1.93 bits per heavy atom. The molecule has 0 atom stereocenters. The molecule has 1 fully saturated rings. The molecule has 29 heavy (non-hydrogen) atoms. The van der Waals surface area contributed by atoms with Gasteiger partial charge in [-0.2, -0.15) is 0 Å². The van der Waals surface area contributed by atoms with Crippen LogP contribution >= 0.6 is 27.3 Å². The number of benzene rings is 1. The fraction of sp³-hybridized carbons (Fsp3) is 0.300. The fourth-order valence-electron chi connectivity index (χ4n) is 3.19. The number of halogens is 1. The highest BCUT2D eigenvalue weighted by molar-refractivity contribution is 9.10. The number of aryl methyl sites for hydroxylation is 1. The number of hydrogen-bond acceptors (Lipinski definition) is 6. The van der Waals surface area contributed by atoms with Crippen molar-refractivity contribution in [2.75, 3.05) is 26.2 Å². The number of nitrogens with zero attached hydrogens (tertiary/aromatic N) is 4. The van der Waals surface area contributed by atoms with Gasteiger partial charge in [0.2, 0.25) is 11.7 Å². The summed E-state index contributed by atoms with van der Waals surface area (Å²) in [6, 6.07) is 9.57. The Morgan fingerprint density at radius 1 is 1.17 bits per heavy atom. The van der Waals surface area contributed by atoms with Crippen LogP contribution in [0.2, 0.25) is 0 Å². The second kappa shape index (κ2) is 8.46. The summed E-state index contributed by atoms with van der Waals surface area (Å²) < 4.78 is 6.04. The molecule has 4 rings (SSSR count). The predicted molar refractivity (Wildman–Crippen MR) is 113 cm³/mol. The van der Waals surface area contributed by atoms with E-state index in [2.05, 4.69) is 26.1 Å². The van der Waals surface area contributed by atoms with Gasteiger partial charge >= 0.3 is 0 Å². The Bertz CT molecular complexity index is 1040. The van der Waals surface area contributed by atoms with Gasteiger partial charge in [0, 0.05) is 47.7 Å². The monoisotopic (exact) mass is 474 g/mol. The lowest BCUT2D eigenvalue weighted by atomic mass is 10.2. The van der Waals surface area contributed by atoms with Crippen molar-refractivity contribution in [3.63, 3.8) is 0 Å². The molecule has 0 bridgehead atoms. The molecule has 1 aromatic carbocycles. The van der Waals surface area contributed by atoms with E-state index in [9.17, 15) is 9.59 Å². The summed E-state index contributed by atoms with van der Waals surface area (Å²) in [6.07, 6.45) is 0.264. The van der Waals surface area contributed by atoms with Gasteiger partial charge in [0.25, 0.3) is 5.91 Å². The number of thiazole rings is 1. The molecule has 7 nitrogen and oxygen atoms in total. The van der Waals surface area contributed by atoms with Crippen LogP contribution in [-0.2, 0) is 11.2 Å². The van der Waals surface area contributed by atoms with Gasteiger partial charge in [-0.1, -0.05) is 33.2 Å². The number of amides is 2. The van der Waals surface area contributed by atoms with Crippen molar-refractivity contribution in [3.05, 3.63) is 57.3 Å². The number of hydrogen-bond donors (Lipinski definition) is 0. The van der Waals surface area contributed by atoms with Gasteiger partial charge in [0.1, 0.15) is 5.01 Å². The maximum atomic E-state index is 12.7. The average molecular weight is 475 g/mol. The van der Waals surface area contributed by atoms with Crippen LogP contribution in [0.5, 0.6) is 0 Å². The van der Waals surface area contributed by atoms with E-state index in [1.807, 2.05) is 29.6 Å². The normalized spacial score (nSPS) is 14.3. The first-order chi connectivity index (χ1) is 14.0. The summed E-state index contributed by atoms with van der Waals surface area (Å²) in [6.45, 7) is 3.73. The van der Waals surface area contributed by atoms with Crippen LogP contribution in [0.25, 0.3) is 10.6 Å². The quantitative estimate of drug-likeness (QED) is 0.578. The zero-order valence-electron chi connectivity index (χ0n) is 15.8. The van der Waals surface area contributed by atoms with Crippen molar-refractivity contribution >= 4 is 39.1 Å². The first-order valence-corrected chi connectivity index (χ1v) is 10.9. The van der Waals surface area contributed by atoms with E-state index in [0.29, 0.717) is 31.9 Å². The van der Waals surface area contributed by atoms with Crippen LogP contribution in [0.15, 0.2) is 44.7 Å². The molecule has 2 aromatic heterocycles. The largest absolute Gasteiger partial charge is 0.351 e. The minimum atomic E-state index is -0.184. The molecule has 9 heteroatoms. The number of aromatic nitrogens is 2. The smallest absolute Gasteiger partial charge is 0.292 e. The van der Waals surface area contributed by atoms with Crippen molar-refractivity contribution in [2.45, 2.75) is 13.3 Å². The summed E-state index contributed by atoms with van der Waals surface area (Å²) in [7, 11) is 0. The first-order valence-electron chi connectivity index (χ1n) is 9.20. The highest BCUT2D eigenvalue weighted by atomic mass is 79.9. The standard InChI is InChI=1S/C20H19BrN4O3S/c1-13-9-17(28-23-13)20(27)25-7-5-24(6-8-25)18(26)11-16-12-29-19(22-16)14-3-2-4-15(21)10-14/h2-4,9-10,12H,5-8,11H2,1H3. The lowest BCUT2D eigenvalue weighted by Gasteiger charge is -2.34. The highest BCUT2D eigenvalue weighted by Gasteiger charge is 2.27. The number of piperazine rings is 1. The molecule has 3 aromatic rings. The zero-order chi connectivity index (χ0) is 20.4. The Hall–Kier alpha value is -2.52. The Kier molecular flexibility index (Phi) is 5.77. The van der Waals surface area contributed by atoms with Gasteiger partial charge in [0.15, 0.2) is 0 Å². The van der Waals surface area contributed by atoms with Crippen molar-refractivity contribution < 1.29 is 14.1 Å². The van der Waals surface area contributed by atoms with E-state index >= 15 is 0 Å². The highest BCUT2D eigenvalue weighted by Crippen LogP contribution is 2.26. The van der Waals surface area contributed by atoms with Crippen LogP contribution in [0, 0.1) is 6.92 Å². The van der Waals surface area contributed by atoms with Gasteiger partial charge < -0.3 is 14.3 Å². The minimum absolute atomic E-state index is 0.0266. The maximum absolute atomic E-state index is 12.7. The van der Waals surface area contributed by atoms with Crippen molar-refractivity contribution in [2.24, 2.45) is 0 Å². The molecule has 0 spiro atoms. The molecule has 0 aliphatic carbocycles. The number of carbonyl (C=O) groups excluding carboxylic acids is 2. The summed E-state index contributed by atoms with van der Waals surface area (Å²) in [5.74, 6) is 0.0828. The van der Waals surface area contributed by atoms with Gasteiger partial charge in [-0.15, -0.1) is 11.3 Å². The lowest BCUT2D eigenvalue weighted by Crippen LogP contribution is -2.51. The second-order valence-electron chi connectivity index (χ2n) is 6.84. The molecular formula is C20H19BrN4O3S. The van der Waals surface area contributed by atoms with Gasteiger partial charge in [-0.25, -0.2) is 4.98 Å². The second-order valence-corrected chi connectivity index (χ2v) is 8.61. The fourth-order valence-corrected chi connectivity index (χ4v) is 4.40. The van der Waals surface area contributed by atoms with Crippen LogP contribution in [0.3, 0.4) is 0 Å². The summed E-state index contributed by atoms with van der Waals surface area (Å²) in [5, 5.41) is 6.58. The van der Waals surface area contributed by atoms with Gasteiger partial charge in [-0.05, 0) is 19.1 Å². The van der Waals surface area contributed by atoms with E-state index in [0.717, 1.165) is 20.7 Å². The third-order valence-electron chi connectivity index (χ3n) is 4.71. The van der Waals surface area contributed by atoms with Crippen LogP contribution in [0.4, 0.5) is 0 Å². The Labute approximate surface area is 180 Å². The molecule has 2 amide bonds. The van der Waals surface area contributed by atoms with E-state index in [4.69, 9.17) is 4.52 Å². The first kappa shape index (κ1) is 19.8. The van der Waals surface area contributed by atoms with Crippen LogP contribution < -0.4 is 0 Å². The van der Waals surface area contributed by atoms with Crippen molar-refractivity contribution in [1.29, 1.82) is 0 Å². The molecule has 0 saturated carbocycles. The lowest BCUT2D eigenvalue weighted by molar-refractivity contribution is -0.132. The molecule has 0 N–H and O–H groups in total. The molecule has 0 unspecified atom stereocenters. The molecule has 0 radical (unpaired) electrons. The maximum Gasteiger partial charge on any atom is 0.292 e. The van der Waals surface area contributed by atoms with E-state index in [1.54, 1.807) is 22.8 Å². The van der Waals surface area contributed by atoms with E-state index in [1.165, 1.54) is 11.3 Å². The topological polar surface area (TPSA) is 79.5 Å². The zero-order valence-corrected chi connectivity index (χ0v) is 18.2. The van der Waals surface area contributed by atoms with Gasteiger partial charge in [-0.3, -0.25) is 9.59 Å². The van der Waals surface area contributed by atoms with Crippen molar-refractivity contribution in [1.82, 2.24) is 19.9 Å². The molecule has 3 heterocycles. The summed E-state index contributed by atoms with van der Waals surface area (Å²) in [5.41, 5.74) is 2.47. The SMILES string of the molecule is Cc1cc(C(=O)N2CCN(C(=O)Cc3csc(-c4cccc(Br)c4)n3)CC2)on1. The molecule has 1 saturated heterocycles. The molecular weight excluding hydrogens is 456 g/mol. The van der Waals surface area contributed by atoms with Crippen LogP contribution in [-0.4, -0.2) is 57.9 Å². The third-order valence-corrected chi connectivity index (χ3v) is 6.15. The van der Waals surface area contributed by atoms with Crippen LogP contribution in [0.1, 0.15) is 21.9 Å². The third kappa shape index (κ3) is 4.56. The Balaban J connectivity index is 1.33. The molecule has 150 valence electrons. The summed E-state index contributed by atoms with van der Waals surface area (Å²) in [4.78, 5) is 33.2. The number of carbonyl (C=O) groups is 2. The Morgan fingerprint density at radius 3 is 2.62 bits per heavy atom. The minimum Gasteiger partial charge on any atom is -0.351 e. The number of rotatable bonds is 4. The van der Waals surface area contributed by atoms with Gasteiger partial charge in [0.05, 0.1) is 17.8 Å². The van der Waals surface area contributed by atoms with E-state index < -0.39 is 0 Å². The molecule has 1 aliphatic rings. The predicted octanol–water partition coefficient (Wildman–Crippen LogP) is 3.40. The summed E-state index contributed by atoms with van der Waals surface area (Å²) >= 11 is 5.00. The van der Waals surface area contributed by atoms with E-state index in [-0.39, 0.29) is 24.0 Å². The molecule has 1 aliphatic heterocycles.